The largest absolute Gasteiger partial charge is 0.492 e. The summed E-state index contributed by atoms with van der Waals surface area (Å²) in [7, 11) is 0. The Bertz CT molecular complexity index is 492. The van der Waals surface area contributed by atoms with E-state index in [0.29, 0.717) is 11.4 Å². The number of benzene rings is 1. The van der Waals surface area contributed by atoms with Gasteiger partial charge in [-0.2, -0.15) is 13.2 Å². The number of nitrogens with zero attached hydrogens (tertiary/aromatic N) is 1. The fourth-order valence-electron chi connectivity index (χ4n) is 1.51. The molecule has 0 aromatic heterocycles. The Hall–Kier alpha value is -1.63. The van der Waals surface area contributed by atoms with Crippen molar-refractivity contribution in [3.05, 3.63) is 28.8 Å². The predicted octanol–water partition coefficient (Wildman–Crippen LogP) is 3.21. The lowest BCUT2D eigenvalue weighted by atomic mass is 10.1. The third kappa shape index (κ3) is 4.19. The summed E-state index contributed by atoms with van der Waals surface area (Å²) in [6.07, 6.45) is -4.03. The number of nitrogens with two attached hydrogens (primary N) is 1. The van der Waals surface area contributed by atoms with E-state index < -0.39 is 24.5 Å². The van der Waals surface area contributed by atoms with Gasteiger partial charge in [0.15, 0.2) is 5.84 Å². The normalized spacial score (nSPS) is 14.2. The third-order valence-corrected chi connectivity index (χ3v) is 3.05. The van der Waals surface area contributed by atoms with Crippen LogP contribution in [0.1, 0.15) is 12.5 Å². The van der Waals surface area contributed by atoms with E-state index in [-0.39, 0.29) is 5.75 Å². The zero-order valence-corrected chi connectivity index (χ0v) is 11.4. The van der Waals surface area contributed by atoms with Gasteiger partial charge < -0.3 is 15.7 Å². The maximum absolute atomic E-state index is 12.7. The minimum Gasteiger partial charge on any atom is -0.492 e. The molecule has 0 aliphatic carbocycles. The number of aryl methyl sites for hydroxylation is 1. The summed E-state index contributed by atoms with van der Waals surface area (Å²) >= 11 is 5.90. The maximum Gasteiger partial charge on any atom is 0.402 e. The van der Waals surface area contributed by atoms with Gasteiger partial charge in [-0.15, -0.1) is 0 Å². The highest BCUT2D eigenvalue weighted by atomic mass is 35.5. The molecule has 1 unspecified atom stereocenters. The highest BCUT2D eigenvalue weighted by molar-refractivity contribution is 6.31. The van der Waals surface area contributed by atoms with Gasteiger partial charge in [0.05, 0.1) is 0 Å². The van der Waals surface area contributed by atoms with Gasteiger partial charge in [-0.05, 0) is 30.2 Å². The number of hydrogen-bond acceptors (Lipinski definition) is 3. The van der Waals surface area contributed by atoms with Crippen molar-refractivity contribution in [1.82, 2.24) is 0 Å². The van der Waals surface area contributed by atoms with Crippen LogP contribution in [0.15, 0.2) is 23.4 Å². The van der Waals surface area contributed by atoms with E-state index in [0.717, 1.165) is 5.56 Å². The van der Waals surface area contributed by atoms with Gasteiger partial charge in [-0.1, -0.05) is 23.7 Å². The van der Waals surface area contributed by atoms with Gasteiger partial charge in [0.2, 0.25) is 0 Å². The lowest BCUT2D eigenvalue weighted by Crippen LogP contribution is -2.40. The molecule has 0 heterocycles. The van der Waals surface area contributed by atoms with Gasteiger partial charge in [-0.3, -0.25) is 0 Å². The molecule has 1 atom stereocenters. The molecule has 1 aromatic rings. The van der Waals surface area contributed by atoms with Crippen LogP contribution in [0, 0.1) is 5.92 Å². The Morgan fingerprint density at radius 2 is 2.15 bits per heavy atom. The van der Waals surface area contributed by atoms with Crippen molar-refractivity contribution in [3.8, 4) is 5.75 Å². The summed E-state index contributed by atoms with van der Waals surface area (Å²) in [6.45, 7) is 1.09. The van der Waals surface area contributed by atoms with Gasteiger partial charge >= 0.3 is 6.18 Å². The summed E-state index contributed by atoms with van der Waals surface area (Å²) in [4.78, 5) is 0. The Morgan fingerprint density at radius 1 is 1.50 bits per heavy atom. The number of hydrogen-bond donors (Lipinski definition) is 2. The molecule has 0 saturated heterocycles. The molecule has 1 rings (SSSR count). The first-order valence-electron chi connectivity index (χ1n) is 5.75. The summed E-state index contributed by atoms with van der Waals surface area (Å²) in [5, 5.41) is 11.3. The van der Waals surface area contributed by atoms with E-state index in [4.69, 9.17) is 27.3 Å². The molecule has 4 nitrogen and oxygen atoms in total. The second-order valence-electron chi connectivity index (χ2n) is 4.04. The first-order chi connectivity index (χ1) is 9.29. The number of rotatable bonds is 5. The molecule has 0 spiro atoms. The molecule has 8 heteroatoms. The van der Waals surface area contributed by atoms with Crippen molar-refractivity contribution in [2.24, 2.45) is 16.8 Å². The smallest absolute Gasteiger partial charge is 0.402 e. The fourth-order valence-corrected chi connectivity index (χ4v) is 1.76. The zero-order chi connectivity index (χ0) is 15.3. The number of halogens is 4. The van der Waals surface area contributed by atoms with E-state index in [1.165, 1.54) is 6.07 Å². The number of ether oxygens (including phenoxy) is 1. The quantitative estimate of drug-likeness (QED) is 0.380. The Morgan fingerprint density at radius 3 is 2.65 bits per heavy atom. The highest BCUT2D eigenvalue weighted by Gasteiger charge is 2.43. The maximum atomic E-state index is 12.7. The van der Waals surface area contributed by atoms with E-state index in [2.05, 4.69) is 5.16 Å². The van der Waals surface area contributed by atoms with Crippen LogP contribution in [0.5, 0.6) is 5.75 Å². The van der Waals surface area contributed by atoms with Crippen LogP contribution in [0.3, 0.4) is 0 Å². The topological polar surface area (TPSA) is 67.8 Å². The Labute approximate surface area is 119 Å². The standard InChI is InChI=1S/C12H14ClF3N2O2/c1-2-7-5-8(3-4-10(7)13)20-6-9(11(17)18-19)12(14,15)16/h3-5,9,19H,2,6H2,1H3,(H2,17,18). The number of amidine groups is 1. The first-order valence-corrected chi connectivity index (χ1v) is 6.12. The highest BCUT2D eigenvalue weighted by Crippen LogP contribution is 2.28. The Kier molecular flexibility index (Phi) is 5.50. The van der Waals surface area contributed by atoms with E-state index in [1.807, 2.05) is 6.92 Å². The average molecular weight is 311 g/mol. The lowest BCUT2D eigenvalue weighted by Gasteiger charge is -2.19. The summed E-state index contributed by atoms with van der Waals surface area (Å²) in [5.41, 5.74) is 5.79. The minimum absolute atomic E-state index is 0.242. The number of oxime groups is 1. The number of alkyl halides is 3. The fraction of sp³-hybridized carbons (Fsp3) is 0.417. The van der Waals surface area contributed by atoms with Crippen LogP contribution >= 0.6 is 11.6 Å². The van der Waals surface area contributed by atoms with Crippen molar-refractivity contribution >= 4 is 17.4 Å². The molecule has 0 aliphatic rings. The molecule has 0 radical (unpaired) electrons. The second kappa shape index (κ2) is 6.69. The predicted molar refractivity (Wildman–Crippen MR) is 69.3 cm³/mol. The molecule has 0 aliphatic heterocycles. The lowest BCUT2D eigenvalue weighted by molar-refractivity contribution is -0.162. The molecular formula is C12H14ClF3N2O2. The molecule has 20 heavy (non-hydrogen) atoms. The van der Waals surface area contributed by atoms with E-state index >= 15 is 0 Å². The molecule has 112 valence electrons. The van der Waals surface area contributed by atoms with Gasteiger partial charge in [0, 0.05) is 5.02 Å². The van der Waals surface area contributed by atoms with Gasteiger partial charge in [0.25, 0.3) is 0 Å². The third-order valence-electron chi connectivity index (χ3n) is 2.68. The summed E-state index contributed by atoms with van der Waals surface area (Å²) in [5.74, 6) is -2.87. The van der Waals surface area contributed by atoms with Crippen LogP contribution in [0.4, 0.5) is 13.2 Å². The SMILES string of the molecule is CCc1cc(OCC(/C(N)=N/O)C(F)(F)F)ccc1Cl. The van der Waals surface area contributed by atoms with E-state index in [9.17, 15) is 13.2 Å². The molecule has 1 aromatic carbocycles. The zero-order valence-electron chi connectivity index (χ0n) is 10.6. The van der Waals surface area contributed by atoms with Crippen molar-refractivity contribution in [3.63, 3.8) is 0 Å². The van der Waals surface area contributed by atoms with Gasteiger partial charge in [0.1, 0.15) is 18.3 Å². The molecule has 0 saturated carbocycles. The van der Waals surface area contributed by atoms with Crippen LogP contribution < -0.4 is 10.5 Å². The van der Waals surface area contributed by atoms with Crippen molar-refractivity contribution in [1.29, 1.82) is 0 Å². The average Bonchev–Trinajstić information content (AvgIpc) is 2.38. The minimum atomic E-state index is -4.66. The monoisotopic (exact) mass is 310 g/mol. The van der Waals surface area contributed by atoms with E-state index in [1.54, 1.807) is 12.1 Å². The molecule has 0 fully saturated rings. The van der Waals surface area contributed by atoms with Crippen molar-refractivity contribution < 1.29 is 23.1 Å². The van der Waals surface area contributed by atoms with Crippen molar-refractivity contribution in [2.75, 3.05) is 6.61 Å². The Balaban J connectivity index is 2.83. The summed E-state index contributed by atoms with van der Waals surface area (Å²) < 4.78 is 43.2. The van der Waals surface area contributed by atoms with Crippen molar-refractivity contribution in [2.45, 2.75) is 19.5 Å². The molecular weight excluding hydrogens is 297 g/mol. The molecule has 0 bridgehead atoms. The summed E-state index contributed by atoms with van der Waals surface area (Å²) in [6, 6.07) is 4.56. The second-order valence-corrected chi connectivity index (χ2v) is 4.44. The van der Waals surface area contributed by atoms with Crippen LogP contribution in [-0.4, -0.2) is 23.8 Å². The van der Waals surface area contributed by atoms with Crippen LogP contribution in [-0.2, 0) is 6.42 Å². The van der Waals surface area contributed by atoms with Crippen LogP contribution in [0.2, 0.25) is 5.02 Å². The van der Waals surface area contributed by atoms with Crippen LogP contribution in [0.25, 0.3) is 0 Å². The molecule has 0 amide bonds. The molecule has 3 N–H and O–H groups in total. The van der Waals surface area contributed by atoms with Gasteiger partial charge in [-0.25, -0.2) is 0 Å². The first kappa shape index (κ1) is 16.4.